The second kappa shape index (κ2) is 8.58. The molecule has 4 rings (SSSR count). The van der Waals surface area contributed by atoms with E-state index in [2.05, 4.69) is 5.32 Å². The number of nitrogens with zero attached hydrogens (tertiary/aromatic N) is 1. The molecule has 0 saturated carbocycles. The molecular weight excluding hydrogens is 412 g/mol. The Morgan fingerprint density at radius 3 is 2.32 bits per heavy atom. The van der Waals surface area contributed by atoms with E-state index in [1.54, 1.807) is 65.2 Å². The number of fused-ring (bicyclic) bond motifs is 1. The van der Waals surface area contributed by atoms with Gasteiger partial charge in [0.1, 0.15) is 6.54 Å². The lowest BCUT2D eigenvalue weighted by atomic mass is 10.0. The van der Waals surface area contributed by atoms with E-state index in [1.807, 2.05) is 19.1 Å². The van der Waals surface area contributed by atoms with Gasteiger partial charge in [-0.3, -0.25) is 14.4 Å². The Kier molecular flexibility index (Phi) is 5.69. The van der Waals surface area contributed by atoms with E-state index in [-0.39, 0.29) is 29.2 Å². The van der Waals surface area contributed by atoms with Gasteiger partial charge in [-0.2, -0.15) is 0 Å². The standard InChI is InChI=1S/C25H19ClN2O3/c1-16-6-8-17(9-7-16)24(30)21-14-28(22-5-3-2-4-20(22)25(21)31)15-23(29)27-19-12-10-18(26)11-13-19/h2-14H,15H2,1H3,(H,27,29). The number of rotatable bonds is 5. The minimum Gasteiger partial charge on any atom is -0.337 e. The van der Waals surface area contributed by atoms with Crippen LogP contribution < -0.4 is 10.7 Å². The van der Waals surface area contributed by atoms with Crippen molar-refractivity contribution in [2.75, 3.05) is 5.32 Å². The highest BCUT2D eigenvalue weighted by Crippen LogP contribution is 2.17. The van der Waals surface area contributed by atoms with Gasteiger partial charge in [-0.15, -0.1) is 0 Å². The van der Waals surface area contributed by atoms with Crippen LogP contribution in [-0.4, -0.2) is 16.3 Å². The molecule has 5 nitrogen and oxygen atoms in total. The summed E-state index contributed by atoms with van der Waals surface area (Å²) in [4.78, 5) is 38.7. The smallest absolute Gasteiger partial charge is 0.244 e. The average Bonchev–Trinajstić information content (AvgIpc) is 2.77. The number of pyridine rings is 1. The average molecular weight is 431 g/mol. The number of aromatic nitrogens is 1. The van der Waals surface area contributed by atoms with Gasteiger partial charge in [0, 0.05) is 27.9 Å². The fourth-order valence-corrected chi connectivity index (χ4v) is 3.51. The van der Waals surface area contributed by atoms with Crippen molar-refractivity contribution in [2.45, 2.75) is 13.5 Å². The van der Waals surface area contributed by atoms with Crippen LogP contribution in [0.25, 0.3) is 10.9 Å². The Bertz CT molecular complexity index is 1340. The summed E-state index contributed by atoms with van der Waals surface area (Å²) in [5.74, 6) is -0.660. The molecule has 0 bridgehead atoms. The zero-order chi connectivity index (χ0) is 22.0. The summed E-state index contributed by atoms with van der Waals surface area (Å²) in [7, 11) is 0. The van der Waals surface area contributed by atoms with Gasteiger partial charge in [0.2, 0.25) is 11.3 Å². The second-order valence-corrected chi connectivity index (χ2v) is 7.70. The molecule has 0 aliphatic heterocycles. The van der Waals surface area contributed by atoms with Crippen LogP contribution in [0.4, 0.5) is 5.69 Å². The van der Waals surface area contributed by atoms with Crippen LogP contribution in [0.2, 0.25) is 5.02 Å². The van der Waals surface area contributed by atoms with Crippen molar-refractivity contribution in [1.82, 2.24) is 4.57 Å². The fourth-order valence-electron chi connectivity index (χ4n) is 3.39. The molecule has 0 aliphatic carbocycles. The minimum absolute atomic E-state index is 0.0295. The van der Waals surface area contributed by atoms with E-state index in [4.69, 9.17) is 11.6 Å². The predicted octanol–water partition coefficient (Wildman–Crippen LogP) is 4.83. The largest absolute Gasteiger partial charge is 0.337 e. The quantitative estimate of drug-likeness (QED) is 0.461. The predicted molar refractivity (Wildman–Crippen MR) is 123 cm³/mol. The number of carbonyl (C=O) groups excluding carboxylic acids is 2. The van der Waals surface area contributed by atoms with Crippen molar-refractivity contribution in [3.05, 3.63) is 111 Å². The topological polar surface area (TPSA) is 68.2 Å². The molecule has 0 unspecified atom stereocenters. The molecule has 1 heterocycles. The molecule has 0 atom stereocenters. The van der Waals surface area contributed by atoms with E-state index in [0.29, 0.717) is 27.2 Å². The van der Waals surface area contributed by atoms with Crippen LogP contribution in [0.1, 0.15) is 21.5 Å². The van der Waals surface area contributed by atoms with E-state index in [1.165, 1.54) is 6.20 Å². The third kappa shape index (κ3) is 4.42. The highest BCUT2D eigenvalue weighted by Gasteiger charge is 2.18. The molecule has 1 N–H and O–H groups in total. The summed E-state index contributed by atoms with van der Waals surface area (Å²) < 4.78 is 1.63. The molecule has 1 amide bonds. The van der Waals surface area contributed by atoms with Gasteiger partial charge in [-0.25, -0.2) is 0 Å². The first kappa shape index (κ1) is 20.6. The van der Waals surface area contributed by atoms with E-state index >= 15 is 0 Å². The number of carbonyl (C=O) groups is 2. The van der Waals surface area contributed by atoms with Gasteiger partial charge in [0.25, 0.3) is 0 Å². The molecule has 0 radical (unpaired) electrons. The second-order valence-electron chi connectivity index (χ2n) is 7.27. The van der Waals surface area contributed by atoms with Crippen molar-refractivity contribution < 1.29 is 9.59 Å². The fraction of sp³-hybridized carbons (Fsp3) is 0.0800. The number of halogens is 1. The summed E-state index contributed by atoms with van der Waals surface area (Å²) in [5, 5.41) is 3.76. The molecule has 3 aromatic carbocycles. The number of aryl methyl sites for hydroxylation is 1. The number of para-hydroxylation sites is 1. The SMILES string of the molecule is Cc1ccc(C(=O)c2cn(CC(=O)Nc3ccc(Cl)cc3)c3ccccc3c2=O)cc1. The molecule has 4 aromatic rings. The molecular formula is C25H19ClN2O3. The number of ketones is 1. The molecule has 0 aliphatic rings. The van der Waals surface area contributed by atoms with Crippen molar-refractivity contribution >= 4 is 39.9 Å². The number of hydrogen-bond acceptors (Lipinski definition) is 3. The normalized spacial score (nSPS) is 10.8. The number of benzene rings is 3. The van der Waals surface area contributed by atoms with Crippen molar-refractivity contribution in [1.29, 1.82) is 0 Å². The van der Waals surface area contributed by atoms with Crippen LogP contribution >= 0.6 is 11.6 Å². The number of amides is 1. The zero-order valence-corrected chi connectivity index (χ0v) is 17.5. The molecule has 6 heteroatoms. The van der Waals surface area contributed by atoms with Gasteiger partial charge in [0.15, 0.2) is 5.78 Å². The Labute approximate surface area is 183 Å². The van der Waals surface area contributed by atoms with Gasteiger partial charge in [-0.1, -0.05) is 53.6 Å². The lowest BCUT2D eigenvalue weighted by molar-refractivity contribution is -0.116. The van der Waals surface area contributed by atoms with Crippen molar-refractivity contribution in [3.8, 4) is 0 Å². The third-order valence-electron chi connectivity index (χ3n) is 4.99. The van der Waals surface area contributed by atoms with Gasteiger partial charge >= 0.3 is 0 Å². The number of anilines is 1. The monoisotopic (exact) mass is 430 g/mol. The van der Waals surface area contributed by atoms with Crippen LogP contribution in [-0.2, 0) is 11.3 Å². The van der Waals surface area contributed by atoms with Crippen LogP contribution in [0.5, 0.6) is 0 Å². The van der Waals surface area contributed by atoms with E-state index in [9.17, 15) is 14.4 Å². The molecule has 0 fully saturated rings. The van der Waals surface area contributed by atoms with Crippen molar-refractivity contribution in [2.24, 2.45) is 0 Å². The van der Waals surface area contributed by atoms with Crippen LogP contribution in [0.15, 0.2) is 83.8 Å². The Morgan fingerprint density at radius 1 is 0.935 bits per heavy atom. The molecule has 0 saturated heterocycles. The summed E-state index contributed by atoms with van der Waals surface area (Å²) in [6, 6.07) is 20.8. The molecule has 31 heavy (non-hydrogen) atoms. The third-order valence-corrected chi connectivity index (χ3v) is 5.24. The number of nitrogens with one attached hydrogen (secondary N) is 1. The first-order chi connectivity index (χ1) is 14.9. The molecule has 0 spiro atoms. The molecule has 1 aromatic heterocycles. The Hall–Kier alpha value is -3.70. The van der Waals surface area contributed by atoms with Gasteiger partial charge in [-0.05, 0) is 43.3 Å². The van der Waals surface area contributed by atoms with E-state index < -0.39 is 0 Å². The Morgan fingerprint density at radius 2 is 1.61 bits per heavy atom. The van der Waals surface area contributed by atoms with Crippen molar-refractivity contribution in [3.63, 3.8) is 0 Å². The van der Waals surface area contributed by atoms with Gasteiger partial charge < -0.3 is 9.88 Å². The maximum Gasteiger partial charge on any atom is 0.244 e. The van der Waals surface area contributed by atoms with Crippen LogP contribution in [0.3, 0.4) is 0 Å². The lowest BCUT2D eigenvalue weighted by Gasteiger charge is -2.13. The van der Waals surface area contributed by atoms with Crippen LogP contribution in [0, 0.1) is 6.92 Å². The lowest BCUT2D eigenvalue weighted by Crippen LogP contribution is -2.24. The maximum absolute atomic E-state index is 13.1. The first-order valence-electron chi connectivity index (χ1n) is 9.71. The molecule has 154 valence electrons. The van der Waals surface area contributed by atoms with E-state index in [0.717, 1.165) is 5.56 Å². The zero-order valence-electron chi connectivity index (χ0n) is 16.8. The summed E-state index contributed by atoms with van der Waals surface area (Å²) >= 11 is 5.89. The highest BCUT2D eigenvalue weighted by atomic mass is 35.5. The number of hydrogen-bond donors (Lipinski definition) is 1. The minimum atomic E-state index is -0.373. The maximum atomic E-state index is 13.1. The summed E-state index contributed by atoms with van der Waals surface area (Å²) in [5.41, 5.74) is 2.31. The van der Waals surface area contributed by atoms with Gasteiger partial charge in [0.05, 0.1) is 11.1 Å². The summed E-state index contributed by atoms with van der Waals surface area (Å²) in [6.07, 6.45) is 1.47. The first-order valence-corrected chi connectivity index (χ1v) is 10.1. The highest BCUT2D eigenvalue weighted by molar-refractivity contribution is 6.30. The summed E-state index contributed by atoms with van der Waals surface area (Å²) in [6.45, 7) is 1.87. The Balaban J connectivity index is 1.72.